The predicted molar refractivity (Wildman–Crippen MR) is 75.4 cm³/mol. The van der Waals surface area contributed by atoms with E-state index < -0.39 is 0 Å². The number of nitrogens with zero attached hydrogens (tertiary/aromatic N) is 2. The molecule has 0 aliphatic carbocycles. The van der Waals surface area contributed by atoms with E-state index in [0.29, 0.717) is 0 Å². The van der Waals surface area contributed by atoms with E-state index in [-0.39, 0.29) is 0 Å². The summed E-state index contributed by atoms with van der Waals surface area (Å²) in [6, 6.07) is 4.20. The molecule has 1 saturated heterocycles. The smallest absolute Gasteiger partial charge is 0.0312 e. The summed E-state index contributed by atoms with van der Waals surface area (Å²) in [7, 11) is 0. The molecule has 0 amide bonds. The van der Waals surface area contributed by atoms with Crippen molar-refractivity contribution in [3.63, 3.8) is 0 Å². The highest BCUT2D eigenvalue weighted by Crippen LogP contribution is 2.14. The highest BCUT2D eigenvalue weighted by atomic mass is 15.1. The molecule has 1 aromatic heterocycles. The minimum atomic E-state index is 0.821. The van der Waals surface area contributed by atoms with Gasteiger partial charge in [-0.3, -0.25) is 9.88 Å². The lowest BCUT2D eigenvalue weighted by Crippen LogP contribution is -2.38. The van der Waals surface area contributed by atoms with E-state index >= 15 is 0 Å². The van der Waals surface area contributed by atoms with Crippen molar-refractivity contribution in [1.82, 2.24) is 15.2 Å². The normalized spacial score (nSPS) is 20.2. The zero-order valence-corrected chi connectivity index (χ0v) is 11.4. The molecule has 1 aliphatic heterocycles. The van der Waals surface area contributed by atoms with Crippen LogP contribution in [0.3, 0.4) is 0 Å². The SMILES string of the molecule is CCCN(Cc1cccnc1)CC1CCCNC1. The second-order valence-corrected chi connectivity index (χ2v) is 5.31. The molecule has 1 unspecified atom stereocenters. The van der Waals surface area contributed by atoms with E-state index in [1.165, 1.54) is 51.0 Å². The maximum Gasteiger partial charge on any atom is 0.0312 e. The standard InChI is InChI=1S/C15H25N3/c1-2-9-18(12-14-5-3-7-16-10-14)13-15-6-4-8-17-11-15/h3,5,7,10,15,17H,2,4,6,8-9,11-13H2,1H3. The Kier molecular flexibility index (Phi) is 5.62. The van der Waals surface area contributed by atoms with Crippen LogP contribution < -0.4 is 5.32 Å². The summed E-state index contributed by atoms with van der Waals surface area (Å²) >= 11 is 0. The minimum Gasteiger partial charge on any atom is -0.316 e. The molecule has 0 bridgehead atoms. The molecular weight excluding hydrogens is 222 g/mol. The first kappa shape index (κ1) is 13.5. The van der Waals surface area contributed by atoms with Gasteiger partial charge in [0.15, 0.2) is 0 Å². The third-order valence-corrected chi connectivity index (χ3v) is 3.58. The fourth-order valence-corrected chi connectivity index (χ4v) is 2.75. The van der Waals surface area contributed by atoms with Gasteiger partial charge in [-0.25, -0.2) is 0 Å². The molecule has 0 saturated carbocycles. The van der Waals surface area contributed by atoms with Crippen LogP contribution in [0.2, 0.25) is 0 Å². The maximum atomic E-state index is 4.21. The first-order valence-corrected chi connectivity index (χ1v) is 7.20. The molecule has 2 rings (SSSR count). The number of aromatic nitrogens is 1. The molecule has 1 fully saturated rings. The molecule has 3 nitrogen and oxygen atoms in total. The van der Waals surface area contributed by atoms with Crippen LogP contribution in [0, 0.1) is 5.92 Å². The van der Waals surface area contributed by atoms with Gasteiger partial charge in [0.1, 0.15) is 0 Å². The highest BCUT2D eigenvalue weighted by Gasteiger charge is 2.16. The molecule has 1 N–H and O–H groups in total. The number of rotatable bonds is 6. The van der Waals surface area contributed by atoms with Gasteiger partial charge >= 0.3 is 0 Å². The monoisotopic (exact) mass is 247 g/mol. The summed E-state index contributed by atoms with van der Waals surface area (Å²) in [6.07, 6.45) is 7.76. The van der Waals surface area contributed by atoms with Gasteiger partial charge in [-0.15, -0.1) is 0 Å². The topological polar surface area (TPSA) is 28.2 Å². The first-order valence-electron chi connectivity index (χ1n) is 7.20. The van der Waals surface area contributed by atoms with Crippen molar-refractivity contribution in [2.75, 3.05) is 26.2 Å². The fourth-order valence-electron chi connectivity index (χ4n) is 2.75. The molecule has 1 aliphatic rings. The summed E-state index contributed by atoms with van der Waals surface area (Å²) < 4.78 is 0. The maximum absolute atomic E-state index is 4.21. The molecule has 2 heterocycles. The fraction of sp³-hybridized carbons (Fsp3) is 0.667. The van der Waals surface area contributed by atoms with Crippen molar-refractivity contribution in [1.29, 1.82) is 0 Å². The molecule has 3 heteroatoms. The number of pyridine rings is 1. The van der Waals surface area contributed by atoms with Crippen molar-refractivity contribution in [2.24, 2.45) is 5.92 Å². The Hall–Kier alpha value is -0.930. The lowest BCUT2D eigenvalue weighted by molar-refractivity contribution is 0.201. The molecule has 0 spiro atoms. The van der Waals surface area contributed by atoms with E-state index in [4.69, 9.17) is 0 Å². The van der Waals surface area contributed by atoms with E-state index in [1.54, 1.807) is 0 Å². The second kappa shape index (κ2) is 7.49. The lowest BCUT2D eigenvalue weighted by Gasteiger charge is -2.30. The average Bonchev–Trinajstić information content (AvgIpc) is 2.41. The van der Waals surface area contributed by atoms with Gasteiger partial charge in [0.25, 0.3) is 0 Å². The van der Waals surface area contributed by atoms with Crippen LogP contribution in [0.15, 0.2) is 24.5 Å². The van der Waals surface area contributed by atoms with Crippen LogP contribution in [-0.4, -0.2) is 36.1 Å². The third kappa shape index (κ3) is 4.39. The largest absolute Gasteiger partial charge is 0.316 e. The quantitative estimate of drug-likeness (QED) is 0.836. The van der Waals surface area contributed by atoms with Crippen molar-refractivity contribution >= 4 is 0 Å². The second-order valence-electron chi connectivity index (χ2n) is 5.31. The van der Waals surface area contributed by atoms with Gasteiger partial charge in [0, 0.05) is 25.5 Å². The lowest BCUT2D eigenvalue weighted by atomic mass is 9.99. The van der Waals surface area contributed by atoms with Gasteiger partial charge in [0.2, 0.25) is 0 Å². The summed E-state index contributed by atoms with van der Waals surface area (Å²) in [5.74, 6) is 0.821. The van der Waals surface area contributed by atoms with Crippen molar-refractivity contribution in [3.05, 3.63) is 30.1 Å². The summed E-state index contributed by atoms with van der Waals surface area (Å²) in [4.78, 5) is 6.78. The number of hydrogen-bond donors (Lipinski definition) is 1. The number of piperidine rings is 1. The average molecular weight is 247 g/mol. The van der Waals surface area contributed by atoms with Crippen LogP contribution in [-0.2, 0) is 6.54 Å². The Labute approximate surface area is 111 Å². The molecule has 0 radical (unpaired) electrons. The van der Waals surface area contributed by atoms with Gasteiger partial charge in [-0.2, -0.15) is 0 Å². The zero-order valence-electron chi connectivity index (χ0n) is 11.4. The van der Waals surface area contributed by atoms with E-state index in [2.05, 4.69) is 28.2 Å². The van der Waals surface area contributed by atoms with Crippen molar-refractivity contribution in [2.45, 2.75) is 32.7 Å². The Bertz CT molecular complexity index is 320. The molecule has 0 aromatic carbocycles. The molecular formula is C15H25N3. The van der Waals surface area contributed by atoms with Gasteiger partial charge in [-0.1, -0.05) is 13.0 Å². The molecule has 1 atom stereocenters. The van der Waals surface area contributed by atoms with E-state index in [9.17, 15) is 0 Å². The van der Waals surface area contributed by atoms with E-state index in [1.807, 2.05) is 18.5 Å². The molecule has 18 heavy (non-hydrogen) atoms. The summed E-state index contributed by atoms with van der Waals surface area (Å²) in [6.45, 7) is 8.09. The first-order chi connectivity index (χ1) is 8.88. The minimum absolute atomic E-state index is 0.821. The predicted octanol–water partition coefficient (Wildman–Crippen LogP) is 2.29. The van der Waals surface area contributed by atoms with Gasteiger partial charge in [0.05, 0.1) is 0 Å². The third-order valence-electron chi connectivity index (χ3n) is 3.58. The zero-order chi connectivity index (χ0) is 12.6. The Morgan fingerprint density at radius 3 is 3.11 bits per heavy atom. The van der Waals surface area contributed by atoms with Gasteiger partial charge < -0.3 is 5.32 Å². The van der Waals surface area contributed by atoms with Crippen molar-refractivity contribution < 1.29 is 0 Å². The summed E-state index contributed by atoms with van der Waals surface area (Å²) in [5.41, 5.74) is 1.33. The van der Waals surface area contributed by atoms with Crippen LogP contribution in [0.25, 0.3) is 0 Å². The van der Waals surface area contributed by atoms with Crippen LogP contribution in [0.4, 0.5) is 0 Å². The number of hydrogen-bond acceptors (Lipinski definition) is 3. The highest BCUT2D eigenvalue weighted by molar-refractivity contribution is 5.08. The Morgan fingerprint density at radius 1 is 1.50 bits per heavy atom. The van der Waals surface area contributed by atoms with Crippen LogP contribution in [0.5, 0.6) is 0 Å². The summed E-state index contributed by atoms with van der Waals surface area (Å²) in [5, 5.41) is 3.51. The van der Waals surface area contributed by atoms with Crippen LogP contribution >= 0.6 is 0 Å². The van der Waals surface area contributed by atoms with E-state index in [0.717, 1.165) is 12.5 Å². The number of nitrogens with one attached hydrogen (secondary N) is 1. The molecule has 100 valence electrons. The van der Waals surface area contributed by atoms with Crippen LogP contribution in [0.1, 0.15) is 31.7 Å². The van der Waals surface area contributed by atoms with Gasteiger partial charge in [-0.05, 0) is 56.4 Å². The Morgan fingerprint density at radius 2 is 2.44 bits per heavy atom. The Balaban J connectivity index is 1.86. The molecule has 1 aromatic rings. The van der Waals surface area contributed by atoms with Crippen molar-refractivity contribution in [3.8, 4) is 0 Å².